The monoisotopic (exact) mass is 413 g/mol. The quantitative estimate of drug-likeness (QED) is 0.500. The standard InChI is InChI=1S/C17H14ClF2N3OS2/c1-24-13-8-10(2-7-14(13)26-16(19)20)9-25-17-21-15(22-23-17)11-3-5-12(18)6-4-11/h2-8,16H,9H2,1H3,(H,21,22,23). The third kappa shape index (κ3) is 4.90. The number of H-pyrrole nitrogens is 1. The number of ether oxygens (including phenoxy) is 1. The molecule has 0 spiro atoms. The second-order valence-electron chi connectivity index (χ2n) is 5.13. The van der Waals surface area contributed by atoms with E-state index in [9.17, 15) is 8.78 Å². The lowest BCUT2D eigenvalue weighted by Crippen LogP contribution is -1.91. The molecule has 0 amide bonds. The molecule has 136 valence electrons. The summed E-state index contributed by atoms with van der Waals surface area (Å²) in [5.41, 5.74) is 1.83. The zero-order chi connectivity index (χ0) is 18.5. The molecule has 0 radical (unpaired) electrons. The molecule has 0 saturated heterocycles. The SMILES string of the molecule is COc1cc(CSc2n[nH]c(-c3ccc(Cl)cc3)n2)ccc1SC(F)F. The number of nitrogens with one attached hydrogen (secondary N) is 1. The van der Waals surface area contributed by atoms with Crippen molar-refractivity contribution in [2.75, 3.05) is 7.11 Å². The Kier molecular flexibility index (Phi) is 6.39. The summed E-state index contributed by atoms with van der Waals surface area (Å²) < 4.78 is 30.3. The summed E-state index contributed by atoms with van der Waals surface area (Å²) in [4.78, 5) is 4.86. The Morgan fingerprint density at radius 2 is 1.96 bits per heavy atom. The van der Waals surface area contributed by atoms with Gasteiger partial charge in [-0.1, -0.05) is 41.2 Å². The second-order valence-corrected chi connectivity index (χ2v) is 7.54. The highest BCUT2D eigenvalue weighted by molar-refractivity contribution is 7.99. The molecule has 26 heavy (non-hydrogen) atoms. The summed E-state index contributed by atoms with van der Waals surface area (Å²) >= 11 is 7.79. The third-order valence-electron chi connectivity index (χ3n) is 3.39. The molecule has 3 aromatic rings. The lowest BCUT2D eigenvalue weighted by Gasteiger charge is -2.09. The van der Waals surface area contributed by atoms with E-state index in [0.29, 0.717) is 44.2 Å². The fourth-order valence-corrected chi connectivity index (χ4v) is 3.66. The van der Waals surface area contributed by atoms with Crippen molar-refractivity contribution in [1.29, 1.82) is 0 Å². The first-order valence-corrected chi connectivity index (χ1v) is 9.72. The van der Waals surface area contributed by atoms with Crippen LogP contribution in [0.3, 0.4) is 0 Å². The van der Waals surface area contributed by atoms with Gasteiger partial charge in [-0.3, -0.25) is 5.10 Å². The van der Waals surface area contributed by atoms with Crippen LogP contribution in [0.15, 0.2) is 52.5 Å². The van der Waals surface area contributed by atoms with Crippen LogP contribution in [0.1, 0.15) is 5.56 Å². The van der Waals surface area contributed by atoms with Crippen LogP contribution >= 0.6 is 35.1 Å². The molecular weight excluding hydrogens is 400 g/mol. The first kappa shape index (κ1) is 19.0. The molecule has 0 aliphatic rings. The molecule has 1 heterocycles. The number of aromatic amines is 1. The maximum atomic E-state index is 12.5. The number of benzene rings is 2. The smallest absolute Gasteiger partial charge is 0.289 e. The number of methoxy groups -OCH3 is 1. The van der Waals surface area contributed by atoms with Crippen LogP contribution < -0.4 is 4.74 Å². The molecule has 0 aliphatic carbocycles. The largest absolute Gasteiger partial charge is 0.496 e. The Bertz CT molecular complexity index is 875. The number of thioether (sulfide) groups is 2. The number of hydrogen-bond acceptors (Lipinski definition) is 5. The van der Waals surface area contributed by atoms with E-state index in [0.717, 1.165) is 11.1 Å². The number of nitrogens with zero attached hydrogens (tertiary/aromatic N) is 2. The van der Waals surface area contributed by atoms with Gasteiger partial charge < -0.3 is 4.74 Å². The Balaban J connectivity index is 1.66. The van der Waals surface area contributed by atoms with Crippen molar-refractivity contribution in [2.24, 2.45) is 0 Å². The fourth-order valence-electron chi connectivity index (χ4n) is 2.19. The van der Waals surface area contributed by atoms with Gasteiger partial charge in [-0.15, -0.1) is 5.10 Å². The Morgan fingerprint density at radius 3 is 2.65 bits per heavy atom. The van der Waals surface area contributed by atoms with Crippen molar-refractivity contribution in [1.82, 2.24) is 15.2 Å². The number of aromatic nitrogens is 3. The highest BCUT2D eigenvalue weighted by Gasteiger charge is 2.12. The Labute approximate surface area is 162 Å². The molecule has 3 rings (SSSR count). The van der Waals surface area contributed by atoms with Gasteiger partial charge >= 0.3 is 0 Å². The number of hydrogen-bond donors (Lipinski definition) is 1. The minimum atomic E-state index is -2.48. The lowest BCUT2D eigenvalue weighted by molar-refractivity contribution is 0.251. The van der Waals surface area contributed by atoms with Gasteiger partial charge in [0.15, 0.2) is 5.82 Å². The van der Waals surface area contributed by atoms with Crippen molar-refractivity contribution in [3.63, 3.8) is 0 Å². The molecule has 1 N–H and O–H groups in total. The van der Waals surface area contributed by atoms with Crippen LogP contribution in [0.4, 0.5) is 8.78 Å². The zero-order valence-corrected chi connectivity index (χ0v) is 16.0. The average Bonchev–Trinajstić information content (AvgIpc) is 3.10. The van der Waals surface area contributed by atoms with E-state index in [4.69, 9.17) is 16.3 Å². The summed E-state index contributed by atoms with van der Waals surface area (Å²) in [5.74, 6) is -0.798. The van der Waals surface area contributed by atoms with E-state index < -0.39 is 5.76 Å². The van der Waals surface area contributed by atoms with E-state index in [1.165, 1.54) is 18.9 Å². The third-order valence-corrected chi connectivity index (χ3v) is 5.33. The number of alkyl halides is 2. The molecule has 0 saturated carbocycles. The lowest BCUT2D eigenvalue weighted by atomic mass is 10.2. The van der Waals surface area contributed by atoms with E-state index in [1.54, 1.807) is 30.3 Å². The van der Waals surface area contributed by atoms with Crippen molar-refractivity contribution in [3.8, 4) is 17.1 Å². The highest BCUT2D eigenvalue weighted by atomic mass is 35.5. The molecular formula is C17H14ClF2N3OS2. The van der Waals surface area contributed by atoms with Crippen molar-refractivity contribution in [2.45, 2.75) is 21.6 Å². The minimum absolute atomic E-state index is 0.416. The van der Waals surface area contributed by atoms with Crippen molar-refractivity contribution < 1.29 is 13.5 Å². The Hall–Kier alpha value is -1.77. The van der Waals surface area contributed by atoms with Crippen LogP contribution in [0.2, 0.25) is 5.02 Å². The zero-order valence-electron chi connectivity index (χ0n) is 13.6. The van der Waals surface area contributed by atoms with E-state index in [2.05, 4.69) is 15.2 Å². The minimum Gasteiger partial charge on any atom is -0.496 e. The van der Waals surface area contributed by atoms with Gasteiger partial charge in [0.05, 0.1) is 12.0 Å². The van der Waals surface area contributed by atoms with Crippen LogP contribution in [0.25, 0.3) is 11.4 Å². The van der Waals surface area contributed by atoms with Crippen molar-refractivity contribution >= 4 is 35.1 Å². The summed E-state index contributed by atoms with van der Waals surface area (Å²) in [6, 6.07) is 12.5. The van der Waals surface area contributed by atoms with Gasteiger partial charge in [0.2, 0.25) is 5.16 Å². The molecule has 0 bridgehead atoms. The first-order chi connectivity index (χ1) is 12.5. The topological polar surface area (TPSA) is 50.8 Å². The van der Waals surface area contributed by atoms with E-state index >= 15 is 0 Å². The summed E-state index contributed by atoms with van der Waals surface area (Å²) in [7, 11) is 1.47. The van der Waals surface area contributed by atoms with Gasteiger partial charge in [0, 0.05) is 16.3 Å². The Morgan fingerprint density at radius 1 is 1.19 bits per heavy atom. The fraction of sp³-hybridized carbons (Fsp3) is 0.176. The van der Waals surface area contributed by atoms with Gasteiger partial charge in [0.1, 0.15) is 5.75 Å². The summed E-state index contributed by atoms with van der Waals surface area (Å²) in [6.45, 7) is 0. The number of halogens is 3. The predicted octanol–water partition coefficient (Wildman–Crippen LogP) is 5.74. The second kappa shape index (κ2) is 8.75. The molecule has 0 fully saturated rings. The average molecular weight is 414 g/mol. The number of rotatable bonds is 7. The maximum Gasteiger partial charge on any atom is 0.289 e. The predicted molar refractivity (Wildman–Crippen MR) is 101 cm³/mol. The maximum absolute atomic E-state index is 12.5. The van der Waals surface area contributed by atoms with Gasteiger partial charge in [0.25, 0.3) is 5.76 Å². The van der Waals surface area contributed by atoms with Crippen molar-refractivity contribution in [3.05, 3.63) is 53.1 Å². The van der Waals surface area contributed by atoms with Gasteiger partial charge in [-0.2, -0.15) is 8.78 Å². The van der Waals surface area contributed by atoms with Gasteiger partial charge in [-0.05, 0) is 42.0 Å². The van der Waals surface area contributed by atoms with Crippen LogP contribution in [0, 0.1) is 0 Å². The molecule has 0 aliphatic heterocycles. The van der Waals surface area contributed by atoms with Gasteiger partial charge in [-0.25, -0.2) is 4.98 Å². The molecule has 9 heteroatoms. The first-order valence-electron chi connectivity index (χ1n) is 7.48. The van der Waals surface area contributed by atoms with Crippen LogP contribution in [-0.4, -0.2) is 28.0 Å². The molecule has 0 atom stereocenters. The summed E-state index contributed by atoms with van der Waals surface area (Å²) in [5, 5.41) is 8.34. The van der Waals surface area contributed by atoms with Crippen LogP contribution in [0.5, 0.6) is 5.75 Å². The van der Waals surface area contributed by atoms with E-state index in [1.807, 2.05) is 12.1 Å². The van der Waals surface area contributed by atoms with Crippen LogP contribution in [-0.2, 0) is 5.75 Å². The summed E-state index contributed by atoms with van der Waals surface area (Å²) in [6.07, 6.45) is 0. The highest BCUT2D eigenvalue weighted by Crippen LogP contribution is 2.35. The normalized spacial score (nSPS) is 11.1. The molecule has 4 nitrogen and oxygen atoms in total. The molecule has 1 aromatic heterocycles. The molecule has 2 aromatic carbocycles. The van der Waals surface area contributed by atoms with E-state index in [-0.39, 0.29) is 0 Å². The molecule has 0 unspecified atom stereocenters.